The quantitative estimate of drug-likeness (QED) is 0.721. The van der Waals surface area contributed by atoms with Crippen molar-refractivity contribution in [3.05, 3.63) is 64.4 Å². The van der Waals surface area contributed by atoms with E-state index in [0.717, 1.165) is 16.5 Å². The summed E-state index contributed by atoms with van der Waals surface area (Å²) in [7, 11) is 0. The molecule has 2 aromatic carbocycles. The van der Waals surface area contributed by atoms with Gasteiger partial charge in [0, 0.05) is 5.69 Å². The second-order valence-electron chi connectivity index (χ2n) is 7.40. The molecule has 29 heavy (non-hydrogen) atoms. The predicted octanol–water partition coefficient (Wildman–Crippen LogP) is 4.01. The molecule has 8 heteroatoms. The van der Waals surface area contributed by atoms with Gasteiger partial charge in [0.25, 0.3) is 5.91 Å². The zero-order chi connectivity index (χ0) is 21.3. The molecule has 152 valence electrons. The van der Waals surface area contributed by atoms with Gasteiger partial charge in [0.05, 0.1) is 5.02 Å². The first-order valence-corrected chi connectivity index (χ1v) is 9.49. The highest BCUT2D eigenvalue weighted by Gasteiger charge is 2.49. The summed E-state index contributed by atoms with van der Waals surface area (Å²) in [4.78, 5) is 38.5. The molecule has 1 aliphatic heterocycles. The summed E-state index contributed by atoms with van der Waals surface area (Å²) in [5, 5.41) is 5.03. The van der Waals surface area contributed by atoms with Crippen molar-refractivity contribution in [1.82, 2.24) is 10.2 Å². The summed E-state index contributed by atoms with van der Waals surface area (Å²) in [5.74, 6) is -1.40. The van der Waals surface area contributed by atoms with Crippen molar-refractivity contribution >= 4 is 35.1 Å². The minimum Gasteiger partial charge on any atom is -0.324 e. The number of amides is 4. The van der Waals surface area contributed by atoms with E-state index in [2.05, 4.69) is 24.5 Å². The molecule has 1 atom stereocenters. The molecule has 3 rings (SSSR count). The van der Waals surface area contributed by atoms with E-state index in [1.807, 2.05) is 12.1 Å². The molecule has 0 spiro atoms. The van der Waals surface area contributed by atoms with Crippen LogP contribution in [-0.2, 0) is 15.1 Å². The minimum atomic E-state index is -1.26. The van der Waals surface area contributed by atoms with Gasteiger partial charge in [-0.2, -0.15) is 0 Å². The van der Waals surface area contributed by atoms with E-state index in [0.29, 0.717) is 11.5 Å². The van der Waals surface area contributed by atoms with E-state index in [1.54, 1.807) is 19.1 Å². The second-order valence-corrected chi connectivity index (χ2v) is 7.81. The number of hydrogen-bond donors (Lipinski definition) is 2. The second kappa shape index (κ2) is 7.83. The van der Waals surface area contributed by atoms with E-state index in [1.165, 1.54) is 12.1 Å². The Morgan fingerprint density at radius 3 is 2.45 bits per heavy atom. The fourth-order valence-electron chi connectivity index (χ4n) is 3.16. The van der Waals surface area contributed by atoms with Crippen molar-refractivity contribution < 1.29 is 18.8 Å². The Labute approximate surface area is 173 Å². The number of nitrogens with one attached hydrogen (secondary N) is 2. The van der Waals surface area contributed by atoms with E-state index in [9.17, 15) is 18.8 Å². The number of rotatable bonds is 5. The van der Waals surface area contributed by atoms with Crippen molar-refractivity contribution in [2.24, 2.45) is 0 Å². The molecule has 1 unspecified atom stereocenters. The molecule has 6 nitrogen and oxygen atoms in total. The fraction of sp³-hybridized carbons (Fsp3) is 0.286. The first-order valence-electron chi connectivity index (χ1n) is 9.11. The molecule has 2 aromatic rings. The lowest BCUT2D eigenvalue weighted by atomic mass is 9.90. The van der Waals surface area contributed by atoms with E-state index in [-0.39, 0.29) is 10.7 Å². The molecule has 4 amide bonds. The molecule has 1 saturated heterocycles. The maximum Gasteiger partial charge on any atom is 0.325 e. The van der Waals surface area contributed by atoms with Gasteiger partial charge in [0.1, 0.15) is 17.9 Å². The average Bonchev–Trinajstić information content (AvgIpc) is 2.89. The van der Waals surface area contributed by atoms with Gasteiger partial charge in [0.2, 0.25) is 5.91 Å². The Morgan fingerprint density at radius 2 is 1.86 bits per heavy atom. The number of hydrogen-bond acceptors (Lipinski definition) is 3. The Balaban J connectivity index is 1.74. The Kier molecular flexibility index (Phi) is 5.61. The van der Waals surface area contributed by atoms with Crippen LogP contribution in [0.1, 0.15) is 37.8 Å². The van der Waals surface area contributed by atoms with E-state index < -0.39 is 35.7 Å². The van der Waals surface area contributed by atoms with Gasteiger partial charge < -0.3 is 10.6 Å². The number of urea groups is 1. The van der Waals surface area contributed by atoms with Gasteiger partial charge >= 0.3 is 6.03 Å². The molecule has 2 N–H and O–H groups in total. The van der Waals surface area contributed by atoms with Crippen LogP contribution < -0.4 is 10.6 Å². The number of carbonyl (C=O) groups is 3. The smallest absolute Gasteiger partial charge is 0.324 e. The molecular weight excluding hydrogens is 397 g/mol. The zero-order valence-corrected chi connectivity index (χ0v) is 17.0. The van der Waals surface area contributed by atoms with Crippen molar-refractivity contribution in [3.63, 3.8) is 0 Å². The summed E-state index contributed by atoms with van der Waals surface area (Å²) in [6.45, 7) is 5.26. The van der Waals surface area contributed by atoms with Crippen LogP contribution in [0.2, 0.25) is 5.02 Å². The number of carbonyl (C=O) groups excluding carboxylic acids is 3. The van der Waals surface area contributed by atoms with Crippen LogP contribution in [0, 0.1) is 5.82 Å². The number of nitrogens with zero attached hydrogens (tertiary/aromatic N) is 1. The third-order valence-electron chi connectivity index (χ3n) is 4.93. The van der Waals surface area contributed by atoms with Crippen LogP contribution in [0.15, 0.2) is 42.5 Å². The fourth-order valence-corrected chi connectivity index (χ4v) is 3.34. The van der Waals surface area contributed by atoms with Crippen molar-refractivity contribution in [2.75, 3.05) is 11.9 Å². The lowest BCUT2D eigenvalue weighted by Gasteiger charge is -2.22. The van der Waals surface area contributed by atoms with Crippen molar-refractivity contribution in [3.8, 4) is 0 Å². The monoisotopic (exact) mass is 417 g/mol. The maximum absolute atomic E-state index is 13.2. The molecule has 0 radical (unpaired) electrons. The van der Waals surface area contributed by atoms with Crippen molar-refractivity contribution in [1.29, 1.82) is 0 Å². The molecule has 0 saturated carbocycles. The van der Waals surface area contributed by atoms with Crippen LogP contribution in [0.25, 0.3) is 0 Å². The van der Waals surface area contributed by atoms with Gasteiger partial charge in [-0.25, -0.2) is 9.18 Å². The molecule has 0 aliphatic carbocycles. The third kappa shape index (κ3) is 4.10. The number of benzene rings is 2. The van der Waals surface area contributed by atoms with Crippen molar-refractivity contribution in [2.45, 2.75) is 32.2 Å². The van der Waals surface area contributed by atoms with Gasteiger partial charge in [-0.3, -0.25) is 14.5 Å². The summed E-state index contributed by atoms with van der Waals surface area (Å²) in [5.41, 5.74) is 0.753. The summed E-state index contributed by atoms with van der Waals surface area (Å²) < 4.78 is 13.2. The zero-order valence-electron chi connectivity index (χ0n) is 16.3. The first kappa shape index (κ1) is 20.8. The summed E-state index contributed by atoms with van der Waals surface area (Å²) in [6, 6.07) is 10.5. The third-order valence-corrected chi connectivity index (χ3v) is 5.22. The highest BCUT2D eigenvalue weighted by Crippen LogP contribution is 2.30. The van der Waals surface area contributed by atoms with E-state index >= 15 is 0 Å². The van der Waals surface area contributed by atoms with Crippen LogP contribution in [0.5, 0.6) is 0 Å². The molecule has 1 aliphatic rings. The number of imide groups is 1. The first-order chi connectivity index (χ1) is 13.6. The normalized spacial score (nSPS) is 18.9. The summed E-state index contributed by atoms with van der Waals surface area (Å²) in [6.07, 6.45) is 0. The number of anilines is 1. The van der Waals surface area contributed by atoms with Crippen LogP contribution in [0.3, 0.4) is 0 Å². The Morgan fingerprint density at radius 1 is 1.21 bits per heavy atom. The predicted molar refractivity (Wildman–Crippen MR) is 108 cm³/mol. The van der Waals surface area contributed by atoms with Gasteiger partial charge in [-0.15, -0.1) is 0 Å². The van der Waals surface area contributed by atoms with Crippen LogP contribution >= 0.6 is 11.6 Å². The Bertz CT molecular complexity index is 978. The minimum absolute atomic E-state index is 0.143. The van der Waals surface area contributed by atoms with Gasteiger partial charge in [0.15, 0.2) is 0 Å². The molecular formula is C21H21ClFN3O3. The lowest BCUT2D eigenvalue weighted by molar-refractivity contribution is -0.133. The largest absolute Gasteiger partial charge is 0.325 e. The highest BCUT2D eigenvalue weighted by molar-refractivity contribution is 6.31. The standard InChI is InChI=1S/C21H21ClFN3O3/c1-12(2)13-4-6-14(7-5-13)21(3)19(28)26(20(29)25-21)11-18(27)24-15-8-9-17(23)16(22)10-15/h4-10,12H,11H2,1-3H3,(H,24,27)(H,25,29). The molecule has 0 bridgehead atoms. The molecule has 0 aromatic heterocycles. The average molecular weight is 418 g/mol. The van der Waals surface area contributed by atoms with E-state index in [4.69, 9.17) is 11.6 Å². The molecule has 1 heterocycles. The summed E-state index contributed by atoms with van der Waals surface area (Å²) >= 11 is 5.69. The topological polar surface area (TPSA) is 78.5 Å². The maximum atomic E-state index is 13.2. The Hall–Kier alpha value is -2.93. The molecule has 1 fully saturated rings. The van der Waals surface area contributed by atoms with Gasteiger partial charge in [-0.05, 0) is 42.2 Å². The van der Waals surface area contributed by atoms with Crippen LogP contribution in [0.4, 0.5) is 14.9 Å². The van der Waals surface area contributed by atoms with Crippen LogP contribution in [-0.4, -0.2) is 29.3 Å². The SMILES string of the molecule is CC(C)c1ccc(C2(C)NC(=O)N(CC(=O)Nc3ccc(F)c(Cl)c3)C2=O)cc1. The van der Waals surface area contributed by atoms with Gasteiger partial charge in [-0.1, -0.05) is 49.7 Å². The number of halogens is 2. The lowest BCUT2D eigenvalue weighted by Crippen LogP contribution is -2.42. The highest BCUT2D eigenvalue weighted by atomic mass is 35.5.